The minimum absolute atomic E-state index is 0.0799. The molecule has 0 spiro atoms. The van der Waals surface area contributed by atoms with E-state index in [0.29, 0.717) is 43.2 Å². The summed E-state index contributed by atoms with van der Waals surface area (Å²) in [7, 11) is 0. The Kier molecular flexibility index (Phi) is 6.12. The Morgan fingerprint density at radius 1 is 1.12 bits per heavy atom. The molecule has 1 N–H and O–H groups in total. The smallest absolute Gasteiger partial charge is 0.295 e. The van der Waals surface area contributed by atoms with Crippen LogP contribution in [0.2, 0.25) is 0 Å². The van der Waals surface area contributed by atoms with Gasteiger partial charge < -0.3 is 14.7 Å². The third kappa shape index (κ3) is 3.97. The number of Topliss-reactive ketones (excluding diaryl/α,β-unsaturated/α-hetero) is 1. The summed E-state index contributed by atoms with van der Waals surface area (Å²) >= 11 is 0. The number of carbonyl (C=O) groups is 2. The van der Waals surface area contributed by atoms with Crippen LogP contribution in [0.25, 0.3) is 11.4 Å². The van der Waals surface area contributed by atoms with Crippen molar-refractivity contribution in [2.45, 2.75) is 19.4 Å². The van der Waals surface area contributed by atoms with Crippen LogP contribution >= 0.6 is 0 Å². The van der Waals surface area contributed by atoms with Gasteiger partial charge in [-0.3, -0.25) is 23.9 Å². The molecule has 0 aliphatic carbocycles. The van der Waals surface area contributed by atoms with Crippen molar-refractivity contribution in [2.75, 3.05) is 39.4 Å². The maximum atomic E-state index is 13.3. The number of likely N-dealkylation sites (tertiary alicyclic amines) is 1. The number of carbonyl (C=O) groups excluding carboxylic acids is 2. The molecular weight excluding hydrogens is 434 g/mol. The number of aryl methyl sites for hydroxylation is 1. The topological polar surface area (TPSA) is 100 Å². The van der Waals surface area contributed by atoms with Crippen LogP contribution in [0.15, 0.2) is 54.5 Å². The molecule has 2 fully saturated rings. The molecule has 5 rings (SSSR count). The van der Waals surface area contributed by atoms with Crippen molar-refractivity contribution in [3.8, 4) is 0 Å². The second-order valence-corrected chi connectivity index (χ2v) is 8.56. The molecule has 1 amide bonds. The molecule has 176 valence electrons. The lowest BCUT2D eigenvalue weighted by atomic mass is 9.97. The van der Waals surface area contributed by atoms with E-state index in [1.54, 1.807) is 46.9 Å². The van der Waals surface area contributed by atoms with E-state index >= 15 is 0 Å². The van der Waals surface area contributed by atoms with E-state index in [9.17, 15) is 14.7 Å². The first-order valence-corrected chi connectivity index (χ1v) is 11.5. The molecule has 2 saturated heterocycles. The summed E-state index contributed by atoms with van der Waals surface area (Å²) in [5.41, 5.74) is 2.46. The minimum Gasteiger partial charge on any atom is -0.505 e. The minimum atomic E-state index is -0.693. The predicted octanol–water partition coefficient (Wildman–Crippen LogP) is 2.18. The fourth-order valence-electron chi connectivity index (χ4n) is 4.82. The number of hydrogen-bond donors (Lipinski definition) is 1. The normalized spacial score (nSPS) is 21.0. The summed E-state index contributed by atoms with van der Waals surface area (Å²) in [6.45, 7) is 6.13. The van der Waals surface area contributed by atoms with E-state index in [-0.39, 0.29) is 11.3 Å². The summed E-state index contributed by atoms with van der Waals surface area (Å²) in [4.78, 5) is 38.9. The number of fused-ring (bicyclic) bond motifs is 1. The van der Waals surface area contributed by atoms with Gasteiger partial charge in [-0.25, -0.2) is 4.98 Å². The summed E-state index contributed by atoms with van der Waals surface area (Å²) in [6, 6.07) is 8.38. The van der Waals surface area contributed by atoms with Crippen molar-refractivity contribution in [3.05, 3.63) is 71.4 Å². The van der Waals surface area contributed by atoms with Crippen molar-refractivity contribution in [1.82, 2.24) is 24.2 Å². The highest BCUT2D eigenvalue weighted by Crippen LogP contribution is 2.39. The number of morpholine rings is 1. The lowest BCUT2D eigenvalue weighted by Gasteiger charge is -2.29. The average Bonchev–Trinajstić information content (AvgIpc) is 3.33. The van der Waals surface area contributed by atoms with Crippen LogP contribution in [0.4, 0.5) is 0 Å². The van der Waals surface area contributed by atoms with Crippen molar-refractivity contribution < 1.29 is 19.4 Å². The van der Waals surface area contributed by atoms with E-state index in [2.05, 4.69) is 14.9 Å². The number of rotatable bonds is 6. The van der Waals surface area contributed by atoms with Crippen LogP contribution in [0.1, 0.15) is 29.4 Å². The maximum Gasteiger partial charge on any atom is 0.295 e. The Bertz CT molecular complexity index is 1250. The van der Waals surface area contributed by atoms with Gasteiger partial charge in [0.25, 0.3) is 11.7 Å². The number of ether oxygens (including phenoxy) is 1. The van der Waals surface area contributed by atoms with E-state index in [4.69, 9.17) is 4.74 Å². The SMILES string of the molecule is Cc1nc2ccccn2c1/C(O)=C1/C(=O)C(=O)N(CCCN2CCOCC2)C1c1ccncc1. The van der Waals surface area contributed by atoms with Gasteiger partial charge in [0.15, 0.2) is 5.76 Å². The lowest BCUT2D eigenvalue weighted by molar-refractivity contribution is -0.140. The fourth-order valence-corrected chi connectivity index (χ4v) is 4.82. The van der Waals surface area contributed by atoms with Crippen LogP contribution in [-0.4, -0.2) is 80.4 Å². The monoisotopic (exact) mass is 461 g/mol. The molecular formula is C25H27N5O4. The standard InChI is InChI=1S/C25H27N5O4/c1-17-21(29-11-3-2-5-19(29)27-17)23(31)20-22(18-6-8-26-9-7-18)30(25(33)24(20)32)12-4-10-28-13-15-34-16-14-28/h2-3,5-9,11,22,31H,4,10,12-16H2,1H3/b23-20-. The first-order valence-electron chi connectivity index (χ1n) is 11.5. The van der Waals surface area contributed by atoms with Crippen molar-refractivity contribution >= 4 is 23.1 Å². The molecule has 0 radical (unpaired) electrons. The number of amides is 1. The number of imidazole rings is 1. The molecule has 34 heavy (non-hydrogen) atoms. The Balaban J connectivity index is 1.53. The predicted molar refractivity (Wildman–Crippen MR) is 125 cm³/mol. The van der Waals surface area contributed by atoms with Crippen LogP contribution in [0.5, 0.6) is 0 Å². The lowest BCUT2D eigenvalue weighted by Crippen LogP contribution is -2.38. The van der Waals surface area contributed by atoms with E-state index in [0.717, 1.165) is 25.2 Å². The highest BCUT2D eigenvalue weighted by molar-refractivity contribution is 6.46. The third-order valence-corrected chi connectivity index (χ3v) is 6.47. The molecule has 3 aromatic rings. The molecule has 9 heteroatoms. The van der Waals surface area contributed by atoms with Gasteiger partial charge in [0.2, 0.25) is 0 Å². The first kappa shape index (κ1) is 22.2. The van der Waals surface area contributed by atoms with Gasteiger partial charge in [-0.1, -0.05) is 6.07 Å². The highest BCUT2D eigenvalue weighted by atomic mass is 16.5. The molecule has 2 aliphatic heterocycles. The van der Waals surface area contributed by atoms with Gasteiger partial charge in [0.1, 0.15) is 11.3 Å². The van der Waals surface area contributed by atoms with Crippen LogP contribution in [-0.2, 0) is 14.3 Å². The summed E-state index contributed by atoms with van der Waals surface area (Å²) in [5.74, 6) is -1.50. The Morgan fingerprint density at radius 2 is 1.88 bits per heavy atom. The van der Waals surface area contributed by atoms with Gasteiger partial charge in [-0.2, -0.15) is 0 Å². The summed E-state index contributed by atoms with van der Waals surface area (Å²) in [5, 5.41) is 11.4. The number of aromatic nitrogens is 3. The molecule has 0 saturated carbocycles. The number of nitrogens with zero attached hydrogens (tertiary/aromatic N) is 5. The molecule has 9 nitrogen and oxygen atoms in total. The van der Waals surface area contributed by atoms with Crippen LogP contribution < -0.4 is 0 Å². The second kappa shape index (κ2) is 9.36. The number of pyridine rings is 2. The van der Waals surface area contributed by atoms with Gasteiger partial charge >= 0.3 is 0 Å². The maximum absolute atomic E-state index is 13.3. The molecule has 5 heterocycles. The number of hydrogen-bond acceptors (Lipinski definition) is 7. The molecule has 3 aromatic heterocycles. The van der Waals surface area contributed by atoms with Gasteiger partial charge in [0.05, 0.1) is 30.5 Å². The van der Waals surface area contributed by atoms with E-state index in [1.165, 1.54) is 0 Å². The first-order chi connectivity index (χ1) is 16.6. The number of aliphatic hydroxyl groups excluding tert-OH is 1. The largest absolute Gasteiger partial charge is 0.505 e. The molecule has 2 aliphatic rings. The van der Waals surface area contributed by atoms with Gasteiger partial charge in [-0.05, 0) is 43.2 Å². The number of aliphatic hydroxyl groups is 1. The average molecular weight is 462 g/mol. The van der Waals surface area contributed by atoms with Gasteiger partial charge in [-0.15, -0.1) is 0 Å². The summed E-state index contributed by atoms with van der Waals surface area (Å²) in [6.07, 6.45) is 5.75. The zero-order valence-electron chi connectivity index (χ0n) is 19.1. The van der Waals surface area contributed by atoms with E-state index in [1.807, 2.05) is 18.2 Å². The highest BCUT2D eigenvalue weighted by Gasteiger charge is 2.46. The molecule has 0 bridgehead atoms. The van der Waals surface area contributed by atoms with Crippen LogP contribution in [0, 0.1) is 6.92 Å². The van der Waals surface area contributed by atoms with Gasteiger partial charge in [0, 0.05) is 44.8 Å². The second-order valence-electron chi connectivity index (χ2n) is 8.56. The Hall–Kier alpha value is -3.56. The fraction of sp³-hybridized carbons (Fsp3) is 0.360. The number of ketones is 1. The van der Waals surface area contributed by atoms with Crippen molar-refractivity contribution in [1.29, 1.82) is 0 Å². The zero-order chi connectivity index (χ0) is 23.7. The molecule has 1 unspecified atom stereocenters. The Labute approximate surface area is 197 Å². The zero-order valence-corrected chi connectivity index (χ0v) is 19.1. The molecule has 1 atom stereocenters. The van der Waals surface area contributed by atoms with Crippen LogP contribution in [0.3, 0.4) is 0 Å². The van der Waals surface area contributed by atoms with Crippen molar-refractivity contribution in [3.63, 3.8) is 0 Å². The van der Waals surface area contributed by atoms with Crippen molar-refractivity contribution in [2.24, 2.45) is 0 Å². The Morgan fingerprint density at radius 3 is 2.65 bits per heavy atom. The summed E-state index contributed by atoms with van der Waals surface area (Å²) < 4.78 is 7.14. The van der Waals surface area contributed by atoms with E-state index < -0.39 is 17.7 Å². The molecule has 0 aromatic carbocycles. The quantitative estimate of drug-likeness (QED) is 0.341. The third-order valence-electron chi connectivity index (χ3n) is 6.47.